The Morgan fingerprint density at radius 3 is 0.906 bits per heavy atom. The third kappa shape index (κ3) is 7.35. The number of hydrogen-bond acceptors (Lipinski definition) is 6. The summed E-state index contributed by atoms with van der Waals surface area (Å²) < 4.78 is 13.4. The number of aromatic nitrogens is 4. The van der Waals surface area contributed by atoms with E-state index in [1.807, 2.05) is 0 Å². The number of rotatable bonds is 6. The normalized spacial score (nSPS) is 15.6. The summed E-state index contributed by atoms with van der Waals surface area (Å²) in [7, 11) is 0. The minimum absolute atomic E-state index is 0.0304. The molecule has 13 aromatic carbocycles. The standard InChI is InChI=1S/C90H54N4O2/c1-3-21-53(22-4-1)77-51-79(55-39-43-61-59-25-9-11-29-69(59)89(75(61)49-55)71-31-13-17-35-81(71)95-82-36-18-14-32-72(82)89)93-87(91-77)57-41-45-65-67(47-57)85-63-27-7-8-28-64(63)86(65)68-48-58(42-46-66(68)85)88-92-78(54-23-5-2-6-24-54)52-80(94-88)56-40-44-62-60-26-10-12-30-70(60)90(76(62)50-56)73-33-15-19-37-83(73)96-84-38-20-16-34-74(84)90/h1-52,85-86H/t85-,86?/m1/s1. The first kappa shape index (κ1) is 53.2. The highest BCUT2D eigenvalue weighted by atomic mass is 16.5. The van der Waals surface area contributed by atoms with Crippen LogP contribution in [0.3, 0.4) is 0 Å². The molecule has 0 fully saturated rings. The van der Waals surface area contributed by atoms with E-state index in [9.17, 15) is 0 Å². The lowest BCUT2D eigenvalue weighted by molar-refractivity contribution is 0.436. The van der Waals surface area contributed by atoms with Crippen molar-refractivity contribution in [1.29, 1.82) is 0 Å². The third-order valence-electron chi connectivity index (χ3n) is 21.4. The van der Waals surface area contributed by atoms with Gasteiger partial charge < -0.3 is 9.47 Å². The van der Waals surface area contributed by atoms with Gasteiger partial charge in [0.1, 0.15) is 23.0 Å². The Hall–Kier alpha value is -12.4. The summed E-state index contributed by atoms with van der Waals surface area (Å²) in [6, 6.07) is 114. The second-order valence-electron chi connectivity index (χ2n) is 26.1. The van der Waals surface area contributed by atoms with Crippen LogP contribution < -0.4 is 9.47 Å². The lowest BCUT2D eigenvalue weighted by Gasteiger charge is -2.42. The highest BCUT2D eigenvalue weighted by molar-refractivity contribution is 5.93. The summed E-state index contributed by atoms with van der Waals surface area (Å²) in [5, 5.41) is 0. The van der Waals surface area contributed by atoms with Gasteiger partial charge in [0.2, 0.25) is 0 Å². The minimum atomic E-state index is -0.618. The molecule has 2 atom stereocenters. The van der Waals surface area contributed by atoms with Crippen molar-refractivity contribution in [2.24, 2.45) is 0 Å². The molecule has 446 valence electrons. The molecule has 2 spiro atoms. The van der Waals surface area contributed by atoms with Gasteiger partial charge in [-0.2, -0.15) is 0 Å². The van der Waals surface area contributed by atoms with Gasteiger partial charge in [-0.3, -0.25) is 0 Å². The van der Waals surface area contributed by atoms with Gasteiger partial charge in [-0.15, -0.1) is 0 Å². The van der Waals surface area contributed by atoms with Crippen LogP contribution in [0, 0.1) is 0 Å². The lowest BCUT2D eigenvalue weighted by atomic mass is 9.61. The number of nitrogens with zero attached hydrogens (tertiary/aromatic N) is 4. The van der Waals surface area contributed by atoms with Crippen LogP contribution in [0.15, 0.2) is 315 Å². The second-order valence-corrected chi connectivity index (χ2v) is 26.1. The molecule has 0 saturated carbocycles. The van der Waals surface area contributed by atoms with E-state index in [0.717, 1.165) is 101 Å². The maximum atomic E-state index is 6.71. The second kappa shape index (κ2) is 20.1. The molecule has 5 aliphatic carbocycles. The van der Waals surface area contributed by atoms with Crippen molar-refractivity contribution in [3.05, 3.63) is 393 Å². The number of hydrogen-bond donors (Lipinski definition) is 0. The largest absolute Gasteiger partial charge is 0.457 e. The van der Waals surface area contributed by atoms with E-state index in [2.05, 4.69) is 315 Å². The summed E-state index contributed by atoms with van der Waals surface area (Å²) in [4.78, 5) is 22.2. The van der Waals surface area contributed by atoms with Crippen LogP contribution in [-0.4, -0.2) is 19.9 Å². The molecule has 2 aliphatic heterocycles. The Balaban J connectivity index is 0.694. The molecule has 2 bridgehead atoms. The lowest BCUT2D eigenvalue weighted by Crippen LogP contribution is -2.32. The van der Waals surface area contributed by atoms with Gasteiger partial charge >= 0.3 is 0 Å². The predicted octanol–water partition coefficient (Wildman–Crippen LogP) is 21.2. The first-order valence-corrected chi connectivity index (χ1v) is 33.1. The summed E-state index contributed by atoms with van der Waals surface area (Å²) >= 11 is 0. The Morgan fingerprint density at radius 2 is 0.510 bits per heavy atom. The zero-order valence-electron chi connectivity index (χ0n) is 51.8. The summed E-state index contributed by atoms with van der Waals surface area (Å²) in [5.41, 5.74) is 30.3. The van der Waals surface area contributed by atoms with Crippen LogP contribution in [0.4, 0.5) is 0 Å². The van der Waals surface area contributed by atoms with Crippen LogP contribution in [0.2, 0.25) is 0 Å². The molecule has 0 saturated heterocycles. The van der Waals surface area contributed by atoms with E-state index < -0.39 is 10.8 Å². The topological polar surface area (TPSA) is 70.0 Å². The molecule has 2 aromatic heterocycles. The molecule has 22 rings (SSSR count). The molecule has 1 unspecified atom stereocenters. The molecule has 0 radical (unpaired) electrons. The zero-order valence-corrected chi connectivity index (χ0v) is 51.8. The first-order chi connectivity index (χ1) is 47.6. The highest BCUT2D eigenvalue weighted by Crippen LogP contribution is 2.65. The fourth-order valence-corrected chi connectivity index (χ4v) is 17.5. The van der Waals surface area contributed by atoms with Gasteiger partial charge in [-0.25, -0.2) is 19.9 Å². The smallest absolute Gasteiger partial charge is 0.160 e. The maximum Gasteiger partial charge on any atom is 0.160 e. The molecular weight excluding hydrogens is 1170 g/mol. The average Bonchev–Trinajstić information content (AvgIpc) is 1.34. The van der Waals surface area contributed by atoms with Gasteiger partial charge in [0.15, 0.2) is 11.6 Å². The molecule has 7 aliphatic rings. The zero-order chi connectivity index (χ0) is 62.8. The van der Waals surface area contributed by atoms with Gasteiger partial charge in [0.05, 0.1) is 33.6 Å². The van der Waals surface area contributed by atoms with Crippen molar-refractivity contribution in [2.75, 3.05) is 0 Å². The van der Waals surface area contributed by atoms with Crippen LogP contribution >= 0.6 is 0 Å². The van der Waals surface area contributed by atoms with Crippen molar-refractivity contribution < 1.29 is 9.47 Å². The summed E-state index contributed by atoms with van der Waals surface area (Å²) in [5.74, 6) is 4.76. The van der Waals surface area contributed by atoms with Crippen molar-refractivity contribution in [3.8, 4) is 113 Å². The van der Waals surface area contributed by atoms with Crippen molar-refractivity contribution in [1.82, 2.24) is 19.9 Å². The van der Waals surface area contributed by atoms with E-state index >= 15 is 0 Å². The molecule has 0 amide bonds. The molecule has 96 heavy (non-hydrogen) atoms. The Morgan fingerprint density at radius 1 is 0.208 bits per heavy atom. The van der Waals surface area contributed by atoms with Crippen molar-refractivity contribution in [2.45, 2.75) is 22.7 Å². The molecule has 0 N–H and O–H groups in total. The molecular formula is C90H54N4O2. The van der Waals surface area contributed by atoms with Crippen LogP contribution in [-0.2, 0) is 10.8 Å². The maximum absolute atomic E-state index is 6.71. The molecule has 6 nitrogen and oxygen atoms in total. The van der Waals surface area contributed by atoms with Crippen LogP contribution in [0.25, 0.3) is 90.1 Å². The third-order valence-corrected chi connectivity index (χ3v) is 21.4. The number of para-hydroxylation sites is 4. The van der Waals surface area contributed by atoms with Crippen LogP contribution in [0.1, 0.15) is 89.7 Å². The van der Waals surface area contributed by atoms with Gasteiger partial charge in [0, 0.05) is 67.5 Å². The highest BCUT2D eigenvalue weighted by Gasteiger charge is 2.53. The Bertz CT molecular complexity index is 5390. The SMILES string of the molecule is c1ccc(-c2cc(-c3ccc4c(c3)C3(c5ccccc5Oc5ccccc53)c3ccccc3-4)nc(-c3ccc4c(c3)C3c5ccccc5[C@H]4c4cc(-c5nc(-c6ccccc6)cc(-c6ccc7c(c6)C6(c8ccccc8Oc8ccccc86)c6ccccc6-7)n5)ccc43)n2)cc1. The average molecular weight is 1220 g/mol. The molecule has 15 aromatic rings. The first-order valence-electron chi connectivity index (χ1n) is 33.1. The van der Waals surface area contributed by atoms with E-state index in [4.69, 9.17) is 29.4 Å². The van der Waals surface area contributed by atoms with Crippen molar-refractivity contribution >= 4 is 0 Å². The monoisotopic (exact) mass is 1220 g/mol. The van der Waals surface area contributed by atoms with E-state index in [-0.39, 0.29) is 11.8 Å². The number of fused-ring (bicyclic) bond motifs is 18. The fraction of sp³-hybridized carbons (Fsp3) is 0.0444. The fourth-order valence-electron chi connectivity index (χ4n) is 17.5. The summed E-state index contributed by atoms with van der Waals surface area (Å²) in [6.45, 7) is 0. The number of benzene rings is 13. The van der Waals surface area contributed by atoms with Crippen LogP contribution in [0.5, 0.6) is 23.0 Å². The van der Waals surface area contributed by atoms with Gasteiger partial charge in [-0.1, -0.05) is 255 Å². The quantitative estimate of drug-likeness (QED) is 0.165. The van der Waals surface area contributed by atoms with Crippen molar-refractivity contribution in [3.63, 3.8) is 0 Å². The Kier molecular flexibility index (Phi) is 11.1. The predicted molar refractivity (Wildman–Crippen MR) is 380 cm³/mol. The molecule has 4 heterocycles. The minimum Gasteiger partial charge on any atom is -0.457 e. The molecule has 6 heteroatoms. The van der Waals surface area contributed by atoms with Gasteiger partial charge in [0.25, 0.3) is 0 Å². The summed E-state index contributed by atoms with van der Waals surface area (Å²) in [6.07, 6.45) is 0. The van der Waals surface area contributed by atoms with E-state index in [1.54, 1.807) is 0 Å². The van der Waals surface area contributed by atoms with E-state index in [0.29, 0.717) is 11.6 Å². The Labute approximate surface area is 555 Å². The van der Waals surface area contributed by atoms with Gasteiger partial charge in [-0.05, 0) is 139 Å². The van der Waals surface area contributed by atoms with E-state index in [1.165, 1.54) is 77.9 Å². The number of ether oxygens (including phenoxy) is 2.